The van der Waals surface area contributed by atoms with Gasteiger partial charge in [-0.25, -0.2) is 4.79 Å². The number of aromatic carboxylic acids is 1. The van der Waals surface area contributed by atoms with Gasteiger partial charge >= 0.3 is 11.9 Å². The van der Waals surface area contributed by atoms with Gasteiger partial charge in [0.1, 0.15) is 6.04 Å². The minimum Gasteiger partial charge on any atom is -0.493 e. The molecule has 0 fully saturated rings. The summed E-state index contributed by atoms with van der Waals surface area (Å²) in [6.07, 6.45) is 0. The molecule has 0 saturated carbocycles. The van der Waals surface area contributed by atoms with Crippen LogP contribution in [0.25, 0.3) is 0 Å². The zero-order chi connectivity index (χ0) is 13.9. The van der Waals surface area contributed by atoms with Gasteiger partial charge in [-0.15, -0.1) is 0 Å². The summed E-state index contributed by atoms with van der Waals surface area (Å²) in [5, 5.41) is 17.9. The van der Waals surface area contributed by atoms with Gasteiger partial charge in [-0.2, -0.15) is 0 Å². The average Bonchev–Trinajstić information content (AvgIpc) is 2.35. The Morgan fingerprint density at radius 2 is 1.67 bits per heavy atom. The number of carbonyl (C=O) groups is 2. The Bertz CT molecular complexity index is 485. The lowest BCUT2D eigenvalue weighted by atomic mass is 10.00. The van der Waals surface area contributed by atoms with Crippen LogP contribution in [-0.2, 0) is 4.79 Å². The molecule has 0 amide bonds. The van der Waals surface area contributed by atoms with E-state index in [1.54, 1.807) is 0 Å². The van der Waals surface area contributed by atoms with Gasteiger partial charge in [0.05, 0.1) is 19.8 Å². The Labute approximate surface area is 103 Å². The molecular formula is C11H13NO6. The maximum atomic E-state index is 11.1. The predicted molar refractivity (Wildman–Crippen MR) is 61.1 cm³/mol. The summed E-state index contributed by atoms with van der Waals surface area (Å²) in [4.78, 5) is 21.9. The molecule has 7 heteroatoms. The molecule has 1 aromatic carbocycles. The van der Waals surface area contributed by atoms with Gasteiger partial charge in [-0.05, 0) is 17.7 Å². The Balaban J connectivity index is 3.47. The summed E-state index contributed by atoms with van der Waals surface area (Å²) in [6.45, 7) is 0. The smallest absolute Gasteiger partial charge is 0.336 e. The summed E-state index contributed by atoms with van der Waals surface area (Å²) in [7, 11) is 2.70. The standard InChI is InChI=1S/C11H13NO6/c1-17-7-3-5(9(12)11(15)16)6(10(13)14)4-8(7)18-2/h3-4,9H,12H2,1-2H3,(H,13,14)(H,15,16)/t9-/m0/s1. The van der Waals surface area contributed by atoms with E-state index < -0.39 is 18.0 Å². The van der Waals surface area contributed by atoms with E-state index in [-0.39, 0.29) is 22.6 Å². The molecule has 98 valence electrons. The van der Waals surface area contributed by atoms with E-state index in [1.165, 1.54) is 26.4 Å². The van der Waals surface area contributed by atoms with Crippen molar-refractivity contribution in [3.05, 3.63) is 23.3 Å². The highest BCUT2D eigenvalue weighted by Crippen LogP contribution is 2.32. The average molecular weight is 255 g/mol. The molecule has 1 aromatic rings. The number of methoxy groups -OCH3 is 2. The second-order valence-corrected chi connectivity index (χ2v) is 3.42. The zero-order valence-electron chi connectivity index (χ0n) is 9.84. The maximum Gasteiger partial charge on any atom is 0.336 e. The zero-order valence-corrected chi connectivity index (χ0v) is 9.84. The van der Waals surface area contributed by atoms with E-state index in [0.29, 0.717) is 0 Å². The Kier molecular flexibility index (Phi) is 4.11. The largest absolute Gasteiger partial charge is 0.493 e. The fraction of sp³-hybridized carbons (Fsp3) is 0.273. The van der Waals surface area contributed by atoms with Crippen molar-refractivity contribution in [3.63, 3.8) is 0 Å². The number of rotatable bonds is 5. The van der Waals surface area contributed by atoms with Crippen LogP contribution in [0.4, 0.5) is 0 Å². The van der Waals surface area contributed by atoms with Gasteiger partial charge in [-0.1, -0.05) is 0 Å². The second-order valence-electron chi connectivity index (χ2n) is 3.42. The van der Waals surface area contributed by atoms with Crippen LogP contribution in [0.3, 0.4) is 0 Å². The van der Waals surface area contributed by atoms with Crippen LogP contribution in [0.1, 0.15) is 22.0 Å². The molecule has 1 atom stereocenters. The molecule has 0 aliphatic carbocycles. The van der Waals surface area contributed by atoms with Crippen molar-refractivity contribution >= 4 is 11.9 Å². The molecule has 0 bridgehead atoms. The highest BCUT2D eigenvalue weighted by molar-refractivity contribution is 5.93. The van der Waals surface area contributed by atoms with Crippen LogP contribution < -0.4 is 15.2 Å². The monoisotopic (exact) mass is 255 g/mol. The van der Waals surface area contributed by atoms with Gasteiger partial charge in [0.2, 0.25) is 0 Å². The fourth-order valence-electron chi connectivity index (χ4n) is 1.47. The van der Waals surface area contributed by atoms with Crippen LogP contribution >= 0.6 is 0 Å². The number of nitrogens with two attached hydrogens (primary N) is 1. The number of hydrogen-bond donors (Lipinski definition) is 3. The molecule has 7 nitrogen and oxygen atoms in total. The highest BCUT2D eigenvalue weighted by Gasteiger charge is 2.24. The van der Waals surface area contributed by atoms with Crippen LogP contribution in [0.2, 0.25) is 0 Å². The Hall–Kier alpha value is -2.28. The Morgan fingerprint density at radius 1 is 1.17 bits per heavy atom. The number of aliphatic carboxylic acids is 1. The molecule has 0 spiro atoms. The predicted octanol–water partition coefficient (Wildman–Crippen LogP) is 0.486. The molecule has 0 unspecified atom stereocenters. The third-order valence-corrected chi connectivity index (χ3v) is 2.39. The summed E-state index contributed by atoms with van der Waals surface area (Å²) in [6, 6.07) is 0.983. The molecule has 1 rings (SSSR count). The van der Waals surface area contributed by atoms with E-state index >= 15 is 0 Å². The quantitative estimate of drug-likeness (QED) is 0.700. The van der Waals surface area contributed by atoms with Crippen molar-refractivity contribution in [2.45, 2.75) is 6.04 Å². The summed E-state index contributed by atoms with van der Waals surface area (Å²) in [5.74, 6) is -2.21. The summed E-state index contributed by atoms with van der Waals surface area (Å²) in [5.41, 5.74) is 5.15. The number of hydrogen-bond acceptors (Lipinski definition) is 5. The van der Waals surface area contributed by atoms with Gasteiger partial charge in [0.15, 0.2) is 11.5 Å². The van der Waals surface area contributed by atoms with E-state index in [2.05, 4.69) is 0 Å². The second kappa shape index (κ2) is 5.37. The van der Waals surface area contributed by atoms with Crippen LogP contribution in [0, 0.1) is 0 Å². The SMILES string of the molecule is COc1cc(C(=O)O)c([C@H](N)C(=O)O)cc1OC. The van der Waals surface area contributed by atoms with Crippen LogP contribution in [0.5, 0.6) is 11.5 Å². The number of ether oxygens (including phenoxy) is 2. The lowest BCUT2D eigenvalue weighted by Crippen LogP contribution is -2.23. The van der Waals surface area contributed by atoms with E-state index in [1.807, 2.05) is 0 Å². The number of carboxylic acid groups (broad SMARTS) is 2. The highest BCUT2D eigenvalue weighted by atomic mass is 16.5. The molecular weight excluding hydrogens is 242 g/mol. The van der Waals surface area contributed by atoms with Gasteiger partial charge < -0.3 is 25.4 Å². The van der Waals surface area contributed by atoms with Gasteiger partial charge in [0.25, 0.3) is 0 Å². The normalized spacial score (nSPS) is 11.7. The van der Waals surface area contributed by atoms with Crippen molar-refractivity contribution in [2.75, 3.05) is 14.2 Å². The molecule has 0 radical (unpaired) electrons. The molecule has 0 saturated heterocycles. The first-order chi connectivity index (χ1) is 8.42. The molecule has 4 N–H and O–H groups in total. The van der Waals surface area contributed by atoms with Gasteiger partial charge in [0, 0.05) is 0 Å². The first-order valence-corrected chi connectivity index (χ1v) is 4.90. The van der Waals surface area contributed by atoms with Crippen molar-refractivity contribution in [1.82, 2.24) is 0 Å². The first kappa shape index (κ1) is 13.8. The van der Waals surface area contributed by atoms with E-state index in [4.69, 9.17) is 25.4 Å². The van der Waals surface area contributed by atoms with Crippen molar-refractivity contribution in [2.24, 2.45) is 5.73 Å². The molecule has 0 aliphatic heterocycles. The third kappa shape index (κ3) is 2.51. The van der Waals surface area contributed by atoms with Crippen LogP contribution in [-0.4, -0.2) is 36.4 Å². The third-order valence-electron chi connectivity index (χ3n) is 2.39. The van der Waals surface area contributed by atoms with E-state index in [9.17, 15) is 9.59 Å². The minimum absolute atomic E-state index is 0.0485. The number of carboxylic acids is 2. The first-order valence-electron chi connectivity index (χ1n) is 4.90. The minimum atomic E-state index is -1.45. The molecule has 0 aromatic heterocycles. The summed E-state index contributed by atoms with van der Waals surface area (Å²) < 4.78 is 9.92. The van der Waals surface area contributed by atoms with Crippen molar-refractivity contribution in [1.29, 1.82) is 0 Å². The van der Waals surface area contributed by atoms with Crippen molar-refractivity contribution < 1.29 is 29.3 Å². The van der Waals surface area contributed by atoms with Crippen molar-refractivity contribution in [3.8, 4) is 11.5 Å². The Morgan fingerprint density at radius 3 is 2.06 bits per heavy atom. The fourth-order valence-corrected chi connectivity index (χ4v) is 1.47. The lowest BCUT2D eigenvalue weighted by molar-refractivity contribution is -0.138. The van der Waals surface area contributed by atoms with Gasteiger partial charge in [-0.3, -0.25) is 4.79 Å². The molecule has 18 heavy (non-hydrogen) atoms. The van der Waals surface area contributed by atoms with E-state index in [0.717, 1.165) is 0 Å². The lowest BCUT2D eigenvalue weighted by Gasteiger charge is -2.15. The summed E-state index contributed by atoms with van der Waals surface area (Å²) >= 11 is 0. The molecule has 0 heterocycles. The number of benzene rings is 1. The topological polar surface area (TPSA) is 119 Å². The maximum absolute atomic E-state index is 11.1. The van der Waals surface area contributed by atoms with Crippen LogP contribution in [0.15, 0.2) is 12.1 Å². The molecule has 0 aliphatic rings.